The van der Waals surface area contributed by atoms with Gasteiger partial charge in [-0.15, -0.1) is 24.0 Å². The lowest BCUT2D eigenvalue weighted by molar-refractivity contribution is -0.117. The Bertz CT molecular complexity index is 813. The summed E-state index contributed by atoms with van der Waals surface area (Å²) < 4.78 is 5.65. The summed E-state index contributed by atoms with van der Waals surface area (Å²) in [4.78, 5) is 26.8. The Balaban J connectivity index is 0.00000450. The van der Waals surface area contributed by atoms with Gasteiger partial charge in [-0.05, 0) is 36.2 Å². The molecular formula is C21H28IN5O3. The van der Waals surface area contributed by atoms with E-state index in [0.717, 1.165) is 24.3 Å². The van der Waals surface area contributed by atoms with Crippen LogP contribution >= 0.6 is 24.0 Å². The van der Waals surface area contributed by atoms with Gasteiger partial charge in [-0.3, -0.25) is 14.6 Å². The summed E-state index contributed by atoms with van der Waals surface area (Å²) in [6, 6.07) is 16.8. The van der Waals surface area contributed by atoms with E-state index in [1.54, 1.807) is 19.2 Å². The smallest absolute Gasteiger partial charge is 0.251 e. The van der Waals surface area contributed by atoms with Crippen molar-refractivity contribution in [1.82, 2.24) is 16.0 Å². The minimum atomic E-state index is -0.579. The molecule has 0 fully saturated rings. The first-order chi connectivity index (χ1) is 14.1. The summed E-state index contributed by atoms with van der Waals surface area (Å²) in [5, 5.41) is 8.91. The summed E-state index contributed by atoms with van der Waals surface area (Å²) >= 11 is 0. The highest BCUT2D eigenvalue weighted by Gasteiger charge is 2.06. The van der Waals surface area contributed by atoms with Crippen molar-refractivity contribution >= 4 is 41.8 Å². The molecule has 2 aromatic rings. The van der Waals surface area contributed by atoms with E-state index in [4.69, 9.17) is 10.5 Å². The maximum absolute atomic E-state index is 11.9. The van der Waals surface area contributed by atoms with Crippen LogP contribution < -0.4 is 26.4 Å². The molecule has 0 spiro atoms. The van der Waals surface area contributed by atoms with Gasteiger partial charge in [0.25, 0.3) is 5.91 Å². The van der Waals surface area contributed by atoms with E-state index in [1.807, 2.05) is 42.5 Å². The van der Waals surface area contributed by atoms with Gasteiger partial charge in [-0.1, -0.05) is 30.3 Å². The van der Waals surface area contributed by atoms with Crippen molar-refractivity contribution in [2.45, 2.75) is 13.0 Å². The van der Waals surface area contributed by atoms with Crippen LogP contribution in [-0.4, -0.2) is 44.5 Å². The van der Waals surface area contributed by atoms with Crippen LogP contribution in [0.4, 0.5) is 0 Å². The zero-order valence-corrected chi connectivity index (χ0v) is 19.2. The van der Waals surface area contributed by atoms with Crippen LogP contribution in [0.1, 0.15) is 22.3 Å². The van der Waals surface area contributed by atoms with E-state index < -0.39 is 5.91 Å². The van der Waals surface area contributed by atoms with Gasteiger partial charge in [0, 0.05) is 25.7 Å². The van der Waals surface area contributed by atoms with Gasteiger partial charge in [0.15, 0.2) is 5.96 Å². The summed E-state index contributed by atoms with van der Waals surface area (Å²) in [5.74, 6) is 0.637. The van der Waals surface area contributed by atoms with Crippen LogP contribution in [0.25, 0.3) is 0 Å². The van der Waals surface area contributed by atoms with Crippen LogP contribution in [0, 0.1) is 0 Å². The van der Waals surface area contributed by atoms with Gasteiger partial charge in [-0.25, -0.2) is 0 Å². The van der Waals surface area contributed by atoms with E-state index in [9.17, 15) is 9.59 Å². The maximum Gasteiger partial charge on any atom is 0.251 e. The average molecular weight is 525 g/mol. The van der Waals surface area contributed by atoms with E-state index >= 15 is 0 Å². The molecule has 0 unspecified atom stereocenters. The molecule has 0 aliphatic heterocycles. The highest BCUT2D eigenvalue weighted by molar-refractivity contribution is 14.0. The molecule has 0 saturated heterocycles. The number of primary amides is 1. The van der Waals surface area contributed by atoms with Crippen LogP contribution in [0.15, 0.2) is 59.6 Å². The Kier molecular flexibility index (Phi) is 11.9. The molecule has 0 aliphatic rings. The number of hydrogen-bond acceptors (Lipinski definition) is 4. The maximum atomic E-state index is 11.9. The summed E-state index contributed by atoms with van der Waals surface area (Å²) in [5.41, 5.74) is 6.48. The molecule has 0 atom stereocenters. The molecule has 0 bridgehead atoms. The van der Waals surface area contributed by atoms with Crippen molar-refractivity contribution in [3.8, 4) is 5.75 Å². The Morgan fingerprint density at radius 2 is 1.70 bits per heavy atom. The Hall–Kier alpha value is -2.82. The molecule has 5 N–H and O–H groups in total. The number of halogens is 1. The quantitative estimate of drug-likeness (QED) is 0.163. The number of amides is 2. The molecular weight excluding hydrogens is 497 g/mol. The number of benzene rings is 2. The van der Waals surface area contributed by atoms with Crippen molar-refractivity contribution in [1.29, 1.82) is 0 Å². The second-order valence-electron chi connectivity index (χ2n) is 6.21. The molecule has 0 heterocycles. The number of nitrogens with zero attached hydrogens (tertiary/aromatic N) is 1. The molecule has 2 aromatic carbocycles. The standard InChI is InChI=1S/C21H27N5O3.HI/c1-23-21(24-12-5-13-29-18-6-3-2-4-7-18)26-14-16-8-10-17(11-9-16)20(28)25-15-19(22)27;/h2-4,6-11H,5,12-15H2,1H3,(H2,22,27)(H,25,28)(H2,23,24,26);1H. The van der Waals surface area contributed by atoms with Gasteiger partial charge in [-0.2, -0.15) is 0 Å². The van der Waals surface area contributed by atoms with E-state index in [2.05, 4.69) is 20.9 Å². The van der Waals surface area contributed by atoms with Crippen molar-refractivity contribution in [3.63, 3.8) is 0 Å². The van der Waals surface area contributed by atoms with Crippen LogP contribution in [0.5, 0.6) is 5.75 Å². The van der Waals surface area contributed by atoms with Crippen molar-refractivity contribution in [2.24, 2.45) is 10.7 Å². The fourth-order valence-corrected chi connectivity index (χ4v) is 2.44. The largest absolute Gasteiger partial charge is 0.494 e. The van der Waals surface area contributed by atoms with Crippen molar-refractivity contribution < 1.29 is 14.3 Å². The van der Waals surface area contributed by atoms with Gasteiger partial charge in [0.1, 0.15) is 5.75 Å². The van der Waals surface area contributed by atoms with Gasteiger partial charge >= 0.3 is 0 Å². The van der Waals surface area contributed by atoms with E-state index in [0.29, 0.717) is 24.7 Å². The molecule has 0 aliphatic carbocycles. The summed E-state index contributed by atoms with van der Waals surface area (Å²) in [7, 11) is 1.71. The molecule has 30 heavy (non-hydrogen) atoms. The van der Waals surface area contributed by atoms with Gasteiger partial charge in [0.05, 0.1) is 13.2 Å². The third-order valence-electron chi connectivity index (χ3n) is 3.95. The number of para-hydroxylation sites is 1. The molecule has 0 radical (unpaired) electrons. The number of aliphatic imine (C=N–C) groups is 1. The van der Waals surface area contributed by atoms with Gasteiger partial charge < -0.3 is 26.4 Å². The minimum Gasteiger partial charge on any atom is -0.494 e. The molecule has 0 aromatic heterocycles. The Morgan fingerprint density at radius 3 is 2.33 bits per heavy atom. The lowest BCUT2D eigenvalue weighted by atomic mass is 10.1. The first-order valence-electron chi connectivity index (χ1n) is 9.36. The highest BCUT2D eigenvalue weighted by Crippen LogP contribution is 2.08. The first kappa shape index (κ1) is 25.2. The Morgan fingerprint density at radius 1 is 1.00 bits per heavy atom. The number of carbonyl (C=O) groups is 2. The van der Waals surface area contributed by atoms with Crippen LogP contribution in [0.2, 0.25) is 0 Å². The lowest BCUT2D eigenvalue weighted by Gasteiger charge is -2.12. The zero-order chi connectivity index (χ0) is 20.9. The highest BCUT2D eigenvalue weighted by atomic mass is 127. The summed E-state index contributed by atoms with van der Waals surface area (Å²) in [6.45, 7) is 1.72. The lowest BCUT2D eigenvalue weighted by Crippen LogP contribution is -2.37. The number of nitrogens with one attached hydrogen (secondary N) is 3. The third kappa shape index (κ3) is 9.59. The normalized spacial score (nSPS) is 10.5. The van der Waals surface area contributed by atoms with Crippen LogP contribution in [0.3, 0.4) is 0 Å². The molecule has 162 valence electrons. The van der Waals surface area contributed by atoms with Crippen molar-refractivity contribution in [3.05, 3.63) is 65.7 Å². The SMILES string of the molecule is CN=C(NCCCOc1ccccc1)NCc1ccc(C(=O)NCC(N)=O)cc1.I. The molecule has 9 heteroatoms. The monoisotopic (exact) mass is 525 g/mol. The Labute approximate surface area is 193 Å². The topological polar surface area (TPSA) is 118 Å². The predicted molar refractivity (Wildman–Crippen MR) is 128 cm³/mol. The number of guanidine groups is 1. The number of hydrogen-bond donors (Lipinski definition) is 4. The van der Waals surface area contributed by atoms with Gasteiger partial charge in [0.2, 0.25) is 5.91 Å². The fourth-order valence-electron chi connectivity index (χ4n) is 2.44. The molecule has 2 rings (SSSR count). The van der Waals surface area contributed by atoms with Crippen LogP contribution in [-0.2, 0) is 11.3 Å². The fraction of sp³-hybridized carbons (Fsp3) is 0.286. The number of carbonyl (C=O) groups excluding carboxylic acids is 2. The second-order valence-corrected chi connectivity index (χ2v) is 6.21. The minimum absolute atomic E-state index is 0. The number of nitrogens with two attached hydrogens (primary N) is 1. The zero-order valence-electron chi connectivity index (χ0n) is 16.9. The summed E-state index contributed by atoms with van der Waals surface area (Å²) in [6.07, 6.45) is 0.838. The average Bonchev–Trinajstić information content (AvgIpc) is 2.75. The molecule has 2 amide bonds. The van der Waals surface area contributed by atoms with E-state index in [1.165, 1.54) is 0 Å². The second kappa shape index (κ2) is 14.2. The van der Waals surface area contributed by atoms with E-state index in [-0.39, 0.29) is 36.4 Å². The predicted octanol–water partition coefficient (Wildman–Crippen LogP) is 1.65. The number of ether oxygens (including phenoxy) is 1. The molecule has 8 nitrogen and oxygen atoms in total. The third-order valence-corrected chi connectivity index (χ3v) is 3.95. The van der Waals surface area contributed by atoms with Crippen molar-refractivity contribution in [2.75, 3.05) is 26.7 Å². The number of rotatable bonds is 10. The molecule has 0 saturated carbocycles. The first-order valence-corrected chi connectivity index (χ1v) is 9.36.